The van der Waals surface area contributed by atoms with Gasteiger partial charge in [-0.25, -0.2) is 9.78 Å². The molecule has 0 saturated heterocycles. The average molecular weight is 223 g/mol. The molecule has 0 aliphatic heterocycles. The molecule has 1 unspecified atom stereocenters. The Morgan fingerprint density at radius 3 is 2.44 bits per heavy atom. The lowest BCUT2D eigenvalue weighted by atomic mass is 10.2. The fraction of sp³-hybridized carbons (Fsp3) is 0.400. The first-order chi connectivity index (χ1) is 7.43. The van der Waals surface area contributed by atoms with Crippen molar-refractivity contribution in [2.24, 2.45) is 0 Å². The Labute approximate surface area is 92.9 Å². The highest BCUT2D eigenvalue weighted by molar-refractivity contribution is 5.94. The Morgan fingerprint density at radius 1 is 1.38 bits per heavy atom. The summed E-state index contributed by atoms with van der Waals surface area (Å²) in [7, 11) is 1.42. The fourth-order valence-corrected chi connectivity index (χ4v) is 1.03. The van der Waals surface area contributed by atoms with E-state index in [-0.39, 0.29) is 5.69 Å². The number of carboxylic acids is 1. The molecule has 1 N–H and O–H groups in total. The van der Waals surface area contributed by atoms with E-state index in [4.69, 9.17) is 5.11 Å². The molecule has 0 aromatic carbocycles. The Morgan fingerprint density at radius 2 is 2.00 bits per heavy atom. The van der Waals surface area contributed by atoms with Crippen molar-refractivity contribution in [2.45, 2.75) is 19.9 Å². The summed E-state index contributed by atoms with van der Waals surface area (Å²) in [5.74, 6) is -1.52. The number of rotatable bonds is 3. The molecule has 0 saturated carbocycles. The molecule has 1 amide bonds. The van der Waals surface area contributed by atoms with Crippen LogP contribution in [0.4, 0.5) is 0 Å². The van der Waals surface area contributed by atoms with Crippen LogP contribution >= 0.6 is 0 Å². The lowest BCUT2D eigenvalue weighted by Gasteiger charge is -2.20. The van der Waals surface area contributed by atoms with E-state index in [1.807, 2.05) is 0 Å². The van der Waals surface area contributed by atoms with Crippen molar-refractivity contribution in [3.63, 3.8) is 0 Å². The van der Waals surface area contributed by atoms with E-state index < -0.39 is 17.9 Å². The van der Waals surface area contributed by atoms with Crippen molar-refractivity contribution < 1.29 is 14.7 Å². The van der Waals surface area contributed by atoms with Crippen molar-refractivity contribution in [2.75, 3.05) is 7.05 Å². The Hall–Kier alpha value is -1.98. The van der Waals surface area contributed by atoms with Gasteiger partial charge in [0.05, 0.1) is 11.9 Å². The molecule has 0 fully saturated rings. The van der Waals surface area contributed by atoms with E-state index in [0.29, 0.717) is 5.69 Å². The predicted molar refractivity (Wildman–Crippen MR) is 56.0 cm³/mol. The number of likely N-dealkylation sites (N-methyl/N-ethyl adjacent to an activating group) is 1. The summed E-state index contributed by atoms with van der Waals surface area (Å²) in [6.45, 7) is 3.19. The zero-order valence-electron chi connectivity index (χ0n) is 9.34. The number of aryl methyl sites for hydroxylation is 1. The van der Waals surface area contributed by atoms with Gasteiger partial charge in [-0.1, -0.05) is 0 Å². The van der Waals surface area contributed by atoms with Crippen molar-refractivity contribution in [1.82, 2.24) is 14.9 Å². The molecule has 1 atom stereocenters. The third-order valence-corrected chi connectivity index (χ3v) is 2.26. The number of carbonyl (C=O) groups excluding carboxylic acids is 1. The maximum Gasteiger partial charge on any atom is 0.326 e. The number of hydrogen-bond donors (Lipinski definition) is 1. The summed E-state index contributed by atoms with van der Waals surface area (Å²) in [6.07, 6.45) is 2.80. The van der Waals surface area contributed by atoms with E-state index in [0.717, 1.165) is 4.90 Å². The lowest BCUT2D eigenvalue weighted by Crippen LogP contribution is -2.40. The molecule has 1 rings (SSSR count). The first-order valence-corrected chi connectivity index (χ1v) is 4.72. The minimum Gasteiger partial charge on any atom is -0.480 e. The van der Waals surface area contributed by atoms with Crippen LogP contribution in [0, 0.1) is 6.92 Å². The van der Waals surface area contributed by atoms with Crippen molar-refractivity contribution in [1.29, 1.82) is 0 Å². The molecule has 0 aliphatic rings. The highest BCUT2D eigenvalue weighted by Crippen LogP contribution is 2.03. The van der Waals surface area contributed by atoms with Gasteiger partial charge in [0.1, 0.15) is 11.7 Å². The van der Waals surface area contributed by atoms with Crippen molar-refractivity contribution in [3.05, 3.63) is 23.8 Å². The van der Waals surface area contributed by atoms with E-state index in [9.17, 15) is 9.59 Å². The third-order valence-electron chi connectivity index (χ3n) is 2.26. The number of amides is 1. The number of hydrogen-bond acceptors (Lipinski definition) is 4. The predicted octanol–water partition coefficient (Wildman–Crippen LogP) is 0.330. The molecule has 6 nitrogen and oxygen atoms in total. The normalized spacial score (nSPS) is 11.9. The van der Waals surface area contributed by atoms with Crippen LogP contribution in [0.15, 0.2) is 12.4 Å². The summed E-state index contributed by atoms with van der Waals surface area (Å²) in [5, 5.41) is 8.76. The standard InChI is InChI=1S/C10H13N3O3/c1-6-4-12-8(5-11-6)9(14)13(3)7(2)10(15)16/h4-5,7H,1-3H3,(H,15,16). The van der Waals surface area contributed by atoms with E-state index in [2.05, 4.69) is 9.97 Å². The first-order valence-electron chi connectivity index (χ1n) is 4.72. The second-order valence-electron chi connectivity index (χ2n) is 3.47. The maximum atomic E-state index is 11.8. The Balaban J connectivity index is 2.86. The van der Waals surface area contributed by atoms with Gasteiger partial charge in [0.25, 0.3) is 5.91 Å². The Kier molecular flexibility index (Phi) is 3.55. The van der Waals surface area contributed by atoms with Crippen molar-refractivity contribution >= 4 is 11.9 Å². The van der Waals surface area contributed by atoms with Crippen LogP contribution in [-0.4, -0.2) is 44.9 Å². The van der Waals surface area contributed by atoms with Crippen LogP contribution in [0.2, 0.25) is 0 Å². The van der Waals surface area contributed by atoms with Crippen molar-refractivity contribution in [3.8, 4) is 0 Å². The molecule has 1 heterocycles. The van der Waals surface area contributed by atoms with E-state index in [1.165, 1.54) is 26.4 Å². The fourth-order valence-electron chi connectivity index (χ4n) is 1.03. The van der Waals surface area contributed by atoms with Crippen LogP contribution < -0.4 is 0 Å². The molecule has 0 radical (unpaired) electrons. The molecule has 16 heavy (non-hydrogen) atoms. The zero-order chi connectivity index (χ0) is 12.3. The quantitative estimate of drug-likeness (QED) is 0.798. The van der Waals surface area contributed by atoms with Gasteiger partial charge in [0.15, 0.2) is 0 Å². The second kappa shape index (κ2) is 4.69. The topological polar surface area (TPSA) is 83.4 Å². The van der Waals surface area contributed by atoms with E-state index >= 15 is 0 Å². The number of carbonyl (C=O) groups is 2. The number of aromatic nitrogens is 2. The number of carboxylic acid groups (broad SMARTS) is 1. The molecule has 0 bridgehead atoms. The van der Waals surface area contributed by atoms with Gasteiger partial charge in [0, 0.05) is 13.2 Å². The van der Waals surface area contributed by atoms with Crippen LogP contribution in [0.1, 0.15) is 23.1 Å². The number of aliphatic carboxylic acids is 1. The van der Waals surface area contributed by atoms with E-state index in [1.54, 1.807) is 6.92 Å². The SMILES string of the molecule is Cc1cnc(C(=O)N(C)C(C)C(=O)O)cn1. The first kappa shape index (κ1) is 12.1. The molecule has 86 valence electrons. The molecular formula is C10H13N3O3. The highest BCUT2D eigenvalue weighted by Gasteiger charge is 2.23. The van der Waals surface area contributed by atoms with Crippen LogP contribution in [0.25, 0.3) is 0 Å². The third kappa shape index (κ3) is 2.53. The van der Waals surface area contributed by atoms with Gasteiger partial charge in [-0.05, 0) is 13.8 Å². The minimum atomic E-state index is -1.06. The summed E-state index contributed by atoms with van der Waals surface area (Å²) >= 11 is 0. The minimum absolute atomic E-state index is 0.140. The van der Waals surface area contributed by atoms with Crippen LogP contribution in [0.3, 0.4) is 0 Å². The van der Waals surface area contributed by atoms with Gasteiger partial charge >= 0.3 is 5.97 Å². The largest absolute Gasteiger partial charge is 0.480 e. The summed E-state index contributed by atoms with van der Waals surface area (Å²) < 4.78 is 0. The average Bonchev–Trinajstić information content (AvgIpc) is 2.27. The molecular weight excluding hydrogens is 210 g/mol. The molecule has 0 aliphatic carbocycles. The highest BCUT2D eigenvalue weighted by atomic mass is 16.4. The molecule has 1 aromatic heterocycles. The molecule has 1 aromatic rings. The van der Waals surface area contributed by atoms with Gasteiger partial charge in [-0.3, -0.25) is 9.78 Å². The van der Waals surface area contributed by atoms with Gasteiger partial charge in [-0.2, -0.15) is 0 Å². The summed E-state index contributed by atoms with van der Waals surface area (Å²) in [6, 6.07) is -0.893. The van der Waals surface area contributed by atoms with Gasteiger partial charge < -0.3 is 10.0 Å². The van der Waals surface area contributed by atoms with Gasteiger partial charge in [-0.15, -0.1) is 0 Å². The Bertz CT molecular complexity index is 402. The van der Waals surface area contributed by atoms with Crippen LogP contribution in [-0.2, 0) is 4.79 Å². The maximum absolute atomic E-state index is 11.8. The number of nitrogens with zero attached hydrogens (tertiary/aromatic N) is 3. The second-order valence-corrected chi connectivity index (χ2v) is 3.47. The monoisotopic (exact) mass is 223 g/mol. The smallest absolute Gasteiger partial charge is 0.326 e. The summed E-state index contributed by atoms with van der Waals surface area (Å²) in [4.78, 5) is 31.4. The summed E-state index contributed by atoms with van der Waals surface area (Å²) in [5.41, 5.74) is 0.840. The van der Waals surface area contributed by atoms with Gasteiger partial charge in [0.2, 0.25) is 0 Å². The lowest BCUT2D eigenvalue weighted by molar-refractivity contribution is -0.141. The molecule has 0 spiro atoms. The molecule has 6 heteroatoms. The van der Waals surface area contributed by atoms with Crippen LogP contribution in [0.5, 0.6) is 0 Å². The zero-order valence-corrected chi connectivity index (χ0v) is 9.34.